The number of benzene rings is 2. The Labute approximate surface area is 123 Å². The van der Waals surface area contributed by atoms with Gasteiger partial charge in [0.25, 0.3) is 0 Å². The number of nitrogen functional groups attached to an aromatic ring is 1. The zero-order valence-electron chi connectivity index (χ0n) is 11.5. The highest BCUT2D eigenvalue weighted by atomic mass is 35.5. The third-order valence-electron chi connectivity index (χ3n) is 3.23. The Bertz CT molecular complexity index is 653. The maximum atomic E-state index is 12.0. The van der Waals surface area contributed by atoms with Crippen molar-refractivity contribution in [3.8, 4) is 0 Å². The fourth-order valence-corrected chi connectivity index (χ4v) is 2.10. The van der Waals surface area contributed by atoms with Gasteiger partial charge in [-0.3, -0.25) is 4.79 Å². The number of aryl methyl sites for hydroxylation is 2. The highest BCUT2D eigenvalue weighted by Gasteiger charge is 2.07. The molecule has 0 atom stereocenters. The first-order valence-electron chi connectivity index (χ1n) is 6.36. The molecular formula is C16H17ClN2O. The van der Waals surface area contributed by atoms with Crippen molar-refractivity contribution in [3.63, 3.8) is 0 Å². The lowest BCUT2D eigenvalue weighted by atomic mass is 10.0. The lowest BCUT2D eigenvalue weighted by Crippen LogP contribution is -2.15. The van der Waals surface area contributed by atoms with Crippen molar-refractivity contribution in [3.05, 3.63) is 58.1 Å². The van der Waals surface area contributed by atoms with E-state index in [4.69, 9.17) is 17.3 Å². The summed E-state index contributed by atoms with van der Waals surface area (Å²) in [5.41, 5.74) is 10.2. The molecule has 20 heavy (non-hydrogen) atoms. The van der Waals surface area contributed by atoms with Crippen molar-refractivity contribution >= 4 is 28.9 Å². The Morgan fingerprint density at radius 1 is 1.15 bits per heavy atom. The van der Waals surface area contributed by atoms with E-state index in [9.17, 15) is 4.79 Å². The summed E-state index contributed by atoms with van der Waals surface area (Å²) in [6.45, 7) is 4.08. The van der Waals surface area contributed by atoms with Crippen LogP contribution < -0.4 is 11.1 Å². The fourth-order valence-electron chi connectivity index (χ4n) is 1.93. The molecule has 0 unspecified atom stereocenters. The number of anilines is 2. The van der Waals surface area contributed by atoms with Crippen LogP contribution >= 0.6 is 11.6 Å². The number of hydrogen-bond donors (Lipinski definition) is 2. The van der Waals surface area contributed by atoms with Gasteiger partial charge in [0, 0.05) is 5.02 Å². The molecule has 2 rings (SSSR count). The number of carbonyl (C=O) groups excluding carboxylic acids is 1. The van der Waals surface area contributed by atoms with Crippen LogP contribution in [0.5, 0.6) is 0 Å². The fraction of sp³-hybridized carbons (Fsp3) is 0.188. The zero-order chi connectivity index (χ0) is 14.7. The first kappa shape index (κ1) is 14.4. The van der Waals surface area contributed by atoms with E-state index in [1.54, 1.807) is 18.2 Å². The highest BCUT2D eigenvalue weighted by Crippen LogP contribution is 2.23. The predicted octanol–water partition coefficient (Wildman–Crippen LogP) is 3.72. The van der Waals surface area contributed by atoms with Crippen LogP contribution in [-0.2, 0) is 11.2 Å². The number of nitrogens with two attached hydrogens (primary N) is 1. The van der Waals surface area contributed by atoms with Gasteiger partial charge in [-0.1, -0.05) is 29.8 Å². The van der Waals surface area contributed by atoms with Crippen LogP contribution in [0.1, 0.15) is 16.7 Å². The second kappa shape index (κ2) is 5.97. The van der Waals surface area contributed by atoms with Crippen molar-refractivity contribution in [2.45, 2.75) is 20.3 Å². The number of hydrogen-bond acceptors (Lipinski definition) is 2. The number of carbonyl (C=O) groups is 1. The second-order valence-electron chi connectivity index (χ2n) is 4.88. The number of halogens is 1. The molecule has 2 aromatic rings. The van der Waals surface area contributed by atoms with E-state index in [-0.39, 0.29) is 5.91 Å². The highest BCUT2D eigenvalue weighted by molar-refractivity contribution is 6.31. The van der Waals surface area contributed by atoms with Crippen molar-refractivity contribution in [2.75, 3.05) is 11.1 Å². The minimum Gasteiger partial charge on any atom is -0.397 e. The molecule has 0 saturated heterocycles. The maximum absolute atomic E-state index is 12.0. The van der Waals surface area contributed by atoms with E-state index in [1.807, 2.05) is 32.0 Å². The van der Waals surface area contributed by atoms with Gasteiger partial charge in [0.15, 0.2) is 0 Å². The average Bonchev–Trinajstić information content (AvgIpc) is 2.38. The van der Waals surface area contributed by atoms with Gasteiger partial charge < -0.3 is 11.1 Å². The van der Waals surface area contributed by atoms with E-state index in [0.717, 1.165) is 5.56 Å². The molecule has 3 nitrogen and oxygen atoms in total. The Hall–Kier alpha value is -2.00. The Balaban J connectivity index is 2.09. The van der Waals surface area contributed by atoms with Crippen LogP contribution in [0.3, 0.4) is 0 Å². The lowest BCUT2D eigenvalue weighted by molar-refractivity contribution is -0.115. The molecule has 0 spiro atoms. The van der Waals surface area contributed by atoms with Gasteiger partial charge in [-0.2, -0.15) is 0 Å². The van der Waals surface area contributed by atoms with Crippen LogP contribution in [0, 0.1) is 13.8 Å². The van der Waals surface area contributed by atoms with E-state index < -0.39 is 0 Å². The molecule has 3 N–H and O–H groups in total. The van der Waals surface area contributed by atoms with Crippen molar-refractivity contribution in [2.24, 2.45) is 0 Å². The molecule has 0 aliphatic carbocycles. The number of amides is 1. The van der Waals surface area contributed by atoms with Crippen molar-refractivity contribution < 1.29 is 4.79 Å². The zero-order valence-corrected chi connectivity index (χ0v) is 12.3. The summed E-state index contributed by atoms with van der Waals surface area (Å²) in [4.78, 5) is 12.0. The first-order valence-corrected chi connectivity index (χ1v) is 6.74. The molecule has 0 fully saturated rings. The lowest BCUT2D eigenvalue weighted by Gasteiger charge is -2.09. The summed E-state index contributed by atoms with van der Waals surface area (Å²) in [5, 5.41) is 3.33. The summed E-state index contributed by atoms with van der Waals surface area (Å²) < 4.78 is 0. The number of rotatable bonds is 3. The van der Waals surface area contributed by atoms with Gasteiger partial charge in [0.1, 0.15) is 0 Å². The van der Waals surface area contributed by atoms with Crippen molar-refractivity contribution in [1.29, 1.82) is 0 Å². The molecule has 0 aromatic heterocycles. The molecule has 104 valence electrons. The van der Waals surface area contributed by atoms with Gasteiger partial charge in [0.05, 0.1) is 17.8 Å². The van der Waals surface area contributed by atoms with Crippen LogP contribution in [0.25, 0.3) is 0 Å². The van der Waals surface area contributed by atoms with Gasteiger partial charge in [0.2, 0.25) is 5.91 Å². The second-order valence-corrected chi connectivity index (χ2v) is 5.31. The van der Waals surface area contributed by atoms with Gasteiger partial charge in [-0.05, 0) is 48.7 Å². The minimum absolute atomic E-state index is 0.109. The van der Waals surface area contributed by atoms with E-state index in [0.29, 0.717) is 22.8 Å². The van der Waals surface area contributed by atoms with E-state index >= 15 is 0 Å². The molecule has 0 saturated carbocycles. The van der Waals surface area contributed by atoms with Crippen LogP contribution in [-0.4, -0.2) is 5.91 Å². The molecule has 0 aliphatic rings. The molecule has 2 aromatic carbocycles. The molecule has 0 heterocycles. The summed E-state index contributed by atoms with van der Waals surface area (Å²) in [6.07, 6.45) is 0.313. The van der Waals surface area contributed by atoms with Gasteiger partial charge >= 0.3 is 0 Å². The predicted molar refractivity (Wildman–Crippen MR) is 84.1 cm³/mol. The molecule has 0 radical (unpaired) electrons. The third kappa shape index (κ3) is 3.52. The normalized spacial score (nSPS) is 10.3. The SMILES string of the molecule is Cc1ccc(CC(=O)Nc2cc(Cl)ccc2N)cc1C. The smallest absolute Gasteiger partial charge is 0.228 e. The third-order valence-corrected chi connectivity index (χ3v) is 3.46. The molecule has 4 heteroatoms. The van der Waals surface area contributed by atoms with Crippen LogP contribution in [0.4, 0.5) is 11.4 Å². The van der Waals surface area contributed by atoms with Crippen molar-refractivity contribution in [1.82, 2.24) is 0 Å². The van der Waals surface area contributed by atoms with E-state index in [2.05, 4.69) is 5.32 Å². The largest absolute Gasteiger partial charge is 0.397 e. The Kier molecular flexibility index (Phi) is 4.30. The van der Waals surface area contributed by atoms with E-state index in [1.165, 1.54) is 11.1 Å². The summed E-state index contributed by atoms with van der Waals surface area (Å²) >= 11 is 5.89. The molecule has 0 aliphatic heterocycles. The monoisotopic (exact) mass is 288 g/mol. The van der Waals surface area contributed by atoms with Gasteiger partial charge in [-0.15, -0.1) is 0 Å². The number of nitrogens with one attached hydrogen (secondary N) is 1. The summed E-state index contributed by atoms with van der Waals surface area (Å²) in [6, 6.07) is 11.0. The standard InChI is InChI=1S/C16H17ClN2O/c1-10-3-4-12(7-11(10)2)8-16(20)19-15-9-13(17)5-6-14(15)18/h3-7,9H,8,18H2,1-2H3,(H,19,20). The Morgan fingerprint density at radius 2 is 1.90 bits per heavy atom. The minimum atomic E-state index is -0.109. The topological polar surface area (TPSA) is 55.1 Å². The molecule has 1 amide bonds. The molecule has 0 bridgehead atoms. The first-order chi connectivity index (χ1) is 9.45. The quantitative estimate of drug-likeness (QED) is 0.846. The van der Waals surface area contributed by atoms with Crippen LogP contribution in [0.2, 0.25) is 5.02 Å². The summed E-state index contributed by atoms with van der Waals surface area (Å²) in [7, 11) is 0. The molecular weight excluding hydrogens is 272 g/mol. The maximum Gasteiger partial charge on any atom is 0.228 e. The van der Waals surface area contributed by atoms with Gasteiger partial charge in [-0.25, -0.2) is 0 Å². The summed E-state index contributed by atoms with van der Waals surface area (Å²) in [5.74, 6) is -0.109. The average molecular weight is 289 g/mol. The Morgan fingerprint density at radius 3 is 2.60 bits per heavy atom. The van der Waals surface area contributed by atoms with Crippen LogP contribution in [0.15, 0.2) is 36.4 Å².